The molecule has 0 aromatic carbocycles. The van der Waals surface area contributed by atoms with Crippen LogP contribution in [0.3, 0.4) is 0 Å². The number of nitrogens with zero attached hydrogens (tertiary/aromatic N) is 2. The molecular formula is C12H15N3O5. The normalized spacial score (nSPS) is 15.7. The number of hydrogen-bond acceptors (Lipinski definition) is 4. The van der Waals surface area contributed by atoms with Crippen molar-refractivity contribution in [3.05, 3.63) is 28.1 Å². The van der Waals surface area contributed by atoms with Crippen molar-refractivity contribution in [3.63, 3.8) is 0 Å². The van der Waals surface area contributed by atoms with Gasteiger partial charge in [0.25, 0.3) is 11.6 Å². The number of nitro groups is 1. The lowest BCUT2D eigenvalue weighted by Gasteiger charge is -2.13. The van der Waals surface area contributed by atoms with E-state index in [-0.39, 0.29) is 23.8 Å². The van der Waals surface area contributed by atoms with E-state index in [1.807, 2.05) is 0 Å². The molecule has 0 aliphatic heterocycles. The van der Waals surface area contributed by atoms with Gasteiger partial charge >= 0.3 is 5.97 Å². The second kappa shape index (κ2) is 5.32. The second-order valence-corrected chi connectivity index (χ2v) is 4.75. The number of hydrogen-bond donors (Lipinski definition) is 2. The van der Waals surface area contributed by atoms with Crippen LogP contribution in [-0.4, -0.2) is 32.5 Å². The predicted molar refractivity (Wildman–Crippen MR) is 68.5 cm³/mol. The lowest BCUT2D eigenvalue weighted by Crippen LogP contribution is -2.40. The van der Waals surface area contributed by atoms with Gasteiger partial charge in [-0.2, -0.15) is 0 Å². The van der Waals surface area contributed by atoms with Crippen molar-refractivity contribution in [2.75, 3.05) is 0 Å². The maximum absolute atomic E-state index is 12.1. The van der Waals surface area contributed by atoms with Crippen LogP contribution < -0.4 is 5.32 Å². The zero-order chi connectivity index (χ0) is 14.9. The Hall–Kier alpha value is -2.38. The Morgan fingerprint density at radius 2 is 2.25 bits per heavy atom. The van der Waals surface area contributed by atoms with Gasteiger partial charge in [-0.05, 0) is 19.3 Å². The van der Waals surface area contributed by atoms with Gasteiger partial charge in [0.2, 0.25) is 0 Å². The van der Waals surface area contributed by atoms with Crippen molar-refractivity contribution in [3.8, 4) is 0 Å². The van der Waals surface area contributed by atoms with Gasteiger partial charge in [-0.25, -0.2) is 4.79 Å². The van der Waals surface area contributed by atoms with Crippen molar-refractivity contribution in [1.29, 1.82) is 0 Å². The van der Waals surface area contributed by atoms with Crippen molar-refractivity contribution >= 4 is 17.6 Å². The third kappa shape index (κ3) is 2.79. The van der Waals surface area contributed by atoms with E-state index in [9.17, 15) is 19.7 Å². The van der Waals surface area contributed by atoms with Gasteiger partial charge in [0.15, 0.2) is 0 Å². The minimum Gasteiger partial charge on any atom is -0.480 e. The van der Waals surface area contributed by atoms with E-state index < -0.39 is 22.8 Å². The van der Waals surface area contributed by atoms with Gasteiger partial charge in [-0.15, -0.1) is 0 Å². The Morgan fingerprint density at radius 1 is 1.60 bits per heavy atom. The molecule has 2 rings (SSSR count). The van der Waals surface area contributed by atoms with Crippen LogP contribution in [0.5, 0.6) is 0 Å². The van der Waals surface area contributed by atoms with Crippen molar-refractivity contribution < 1.29 is 19.6 Å². The van der Waals surface area contributed by atoms with Crippen molar-refractivity contribution in [1.82, 2.24) is 9.88 Å². The molecule has 8 nitrogen and oxygen atoms in total. The second-order valence-electron chi connectivity index (χ2n) is 4.75. The summed E-state index contributed by atoms with van der Waals surface area (Å²) in [6.07, 6.45) is 3.30. The molecular weight excluding hydrogens is 266 g/mol. The van der Waals surface area contributed by atoms with Gasteiger partial charge in [0.05, 0.1) is 11.1 Å². The monoisotopic (exact) mass is 281 g/mol. The average Bonchev–Trinajstić information content (AvgIpc) is 3.13. The summed E-state index contributed by atoms with van der Waals surface area (Å²) < 4.78 is 1.56. The zero-order valence-corrected chi connectivity index (χ0v) is 10.9. The largest absolute Gasteiger partial charge is 0.480 e. The SMILES string of the molecule is CC[C@@H](NC(=O)c1cc([N+](=O)[O-])cn1C1CC1)C(=O)O. The number of carbonyl (C=O) groups excluding carboxylic acids is 1. The zero-order valence-electron chi connectivity index (χ0n) is 10.9. The molecule has 1 aliphatic carbocycles. The average molecular weight is 281 g/mol. The highest BCUT2D eigenvalue weighted by Gasteiger charge is 2.31. The molecule has 2 N–H and O–H groups in total. The van der Waals surface area contributed by atoms with Crippen LogP contribution in [-0.2, 0) is 4.79 Å². The van der Waals surface area contributed by atoms with Gasteiger partial charge in [0.1, 0.15) is 11.7 Å². The summed E-state index contributed by atoms with van der Waals surface area (Å²) in [6, 6.07) is 0.279. The highest BCUT2D eigenvalue weighted by atomic mass is 16.6. The first-order valence-corrected chi connectivity index (χ1v) is 6.34. The molecule has 1 amide bonds. The Bertz CT molecular complexity index is 561. The van der Waals surface area contributed by atoms with Gasteiger partial charge in [-0.3, -0.25) is 14.9 Å². The molecule has 0 spiro atoms. The van der Waals surface area contributed by atoms with Gasteiger partial charge in [0, 0.05) is 12.1 Å². The van der Waals surface area contributed by atoms with E-state index in [0.717, 1.165) is 12.8 Å². The molecule has 1 fully saturated rings. The number of amides is 1. The van der Waals surface area contributed by atoms with Crippen LogP contribution in [0.1, 0.15) is 42.7 Å². The van der Waals surface area contributed by atoms with Crippen LogP contribution in [0.25, 0.3) is 0 Å². The van der Waals surface area contributed by atoms with Gasteiger partial charge in [-0.1, -0.05) is 6.92 Å². The maximum atomic E-state index is 12.1. The highest BCUT2D eigenvalue weighted by Crippen LogP contribution is 2.37. The first-order valence-electron chi connectivity index (χ1n) is 6.34. The van der Waals surface area contributed by atoms with Gasteiger partial charge < -0.3 is 15.0 Å². The third-order valence-electron chi connectivity index (χ3n) is 3.23. The van der Waals surface area contributed by atoms with E-state index in [4.69, 9.17) is 5.11 Å². The smallest absolute Gasteiger partial charge is 0.326 e. The lowest BCUT2D eigenvalue weighted by atomic mass is 10.2. The van der Waals surface area contributed by atoms with E-state index >= 15 is 0 Å². The maximum Gasteiger partial charge on any atom is 0.326 e. The number of carboxylic acids is 1. The van der Waals surface area contributed by atoms with E-state index in [1.165, 1.54) is 12.3 Å². The lowest BCUT2D eigenvalue weighted by molar-refractivity contribution is -0.384. The number of aromatic nitrogens is 1. The summed E-state index contributed by atoms with van der Waals surface area (Å²) >= 11 is 0. The van der Waals surface area contributed by atoms with Crippen molar-refractivity contribution in [2.24, 2.45) is 0 Å². The fourth-order valence-electron chi connectivity index (χ4n) is 1.97. The summed E-state index contributed by atoms with van der Waals surface area (Å²) in [5.74, 6) is -1.72. The number of rotatable bonds is 6. The van der Waals surface area contributed by atoms with Crippen LogP contribution in [0, 0.1) is 10.1 Å². The molecule has 1 aliphatic rings. The van der Waals surface area contributed by atoms with E-state index in [1.54, 1.807) is 11.5 Å². The summed E-state index contributed by atoms with van der Waals surface area (Å²) in [7, 11) is 0. The molecule has 1 aromatic heterocycles. The number of aliphatic carboxylic acids is 1. The van der Waals surface area contributed by atoms with E-state index in [2.05, 4.69) is 5.32 Å². The Labute approximate surface area is 114 Å². The summed E-state index contributed by atoms with van der Waals surface area (Å²) in [4.78, 5) is 33.2. The summed E-state index contributed by atoms with van der Waals surface area (Å²) in [5, 5.41) is 22.1. The molecule has 0 unspecified atom stereocenters. The van der Waals surface area contributed by atoms with E-state index in [0.29, 0.717) is 0 Å². The molecule has 1 aromatic rings. The molecule has 20 heavy (non-hydrogen) atoms. The van der Waals surface area contributed by atoms with Crippen LogP contribution >= 0.6 is 0 Å². The Morgan fingerprint density at radius 3 is 2.70 bits per heavy atom. The molecule has 0 bridgehead atoms. The first kappa shape index (κ1) is 14.0. The predicted octanol–water partition coefficient (Wildman–Crippen LogP) is 1.32. The molecule has 1 heterocycles. The fraction of sp³-hybridized carbons (Fsp3) is 0.500. The van der Waals surface area contributed by atoms with Crippen LogP contribution in [0.2, 0.25) is 0 Å². The number of carbonyl (C=O) groups is 2. The first-order chi connectivity index (χ1) is 9.43. The molecule has 8 heteroatoms. The standard InChI is InChI=1S/C12H15N3O5/c1-2-9(12(17)18)13-11(16)10-5-8(15(19)20)6-14(10)7-3-4-7/h5-7,9H,2-4H2,1H3,(H,13,16)(H,17,18)/t9-/m1/s1. The molecule has 108 valence electrons. The fourth-order valence-corrected chi connectivity index (χ4v) is 1.97. The number of nitrogens with one attached hydrogen (secondary N) is 1. The Balaban J connectivity index is 2.24. The summed E-state index contributed by atoms with van der Waals surface area (Å²) in [5.41, 5.74) is -0.0238. The van der Waals surface area contributed by atoms with Crippen molar-refractivity contribution in [2.45, 2.75) is 38.3 Å². The minimum absolute atomic E-state index is 0.0920. The Kier molecular flexibility index (Phi) is 3.73. The molecule has 0 radical (unpaired) electrons. The van der Waals surface area contributed by atoms with Crippen LogP contribution in [0.15, 0.2) is 12.3 Å². The number of carboxylic acid groups (broad SMARTS) is 1. The molecule has 1 saturated carbocycles. The highest BCUT2D eigenvalue weighted by molar-refractivity contribution is 5.96. The van der Waals surface area contributed by atoms with Crippen LogP contribution in [0.4, 0.5) is 5.69 Å². The third-order valence-corrected chi connectivity index (χ3v) is 3.23. The molecule has 1 atom stereocenters. The topological polar surface area (TPSA) is 114 Å². The molecule has 0 saturated heterocycles. The summed E-state index contributed by atoms with van der Waals surface area (Å²) in [6.45, 7) is 1.64. The quantitative estimate of drug-likeness (QED) is 0.603. The minimum atomic E-state index is -1.13.